The zero-order valence-electron chi connectivity index (χ0n) is 15.5. The topological polar surface area (TPSA) is 51.5 Å². The number of hydrogen-bond acceptors (Lipinski definition) is 3. The summed E-state index contributed by atoms with van der Waals surface area (Å²) in [5.74, 6) is 0.892. The van der Waals surface area contributed by atoms with Gasteiger partial charge >= 0.3 is 5.97 Å². The molecule has 1 saturated carbocycles. The number of rotatable bonds is 4. The van der Waals surface area contributed by atoms with Crippen LogP contribution in [-0.2, 0) is 9.53 Å². The van der Waals surface area contributed by atoms with Gasteiger partial charge in [-0.2, -0.15) is 0 Å². The maximum atomic E-state index is 12.5. The standard InChI is InChI=1S/C22H26N2O3/c25-21(24-14-11-17-5-1-2-6-19(17)15-24)16-27-22(26)18-7-9-20(10-8-18)23-12-3-4-13-23/h3-4,7-10,12-13,17,19H,1-2,5-6,11,14-16H2/t17-,19-/m0/s1. The number of aromatic nitrogens is 1. The Labute approximate surface area is 159 Å². The average Bonchev–Trinajstić information content (AvgIpc) is 3.26. The number of ether oxygens (including phenoxy) is 1. The molecule has 1 saturated heterocycles. The van der Waals surface area contributed by atoms with Gasteiger partial charge in [-0.05, 0) is 61.1 Å². The molecule has 27 heavy (non-hydrogen) atoms. The molecule has 0 bridgehead atoms. The zero-order valence-corrected chi connectivity index (χ0v) is 15.5. The molecule has 1 aromatic carbocycles. The van der Waals surface area contributed by atoms with Crippen LogP contribution in [0.2, 0.25) is 0 Å². The fourth-order valence-corrected chi connectivity index (χ4v) is 4.41. The molecular weight excluding hydrogens is 340 g/mol. The van der Waals surface area contributed by atoms with Crippen LogP contribution in [-0.4, -0.2) is 41.0 Å². The lowest BCUT2D eigenvalue weighted by molar-refractivity contribution is -0.137. The molecule has 1 aliphatic carbocycles. The van der Waals surface area contributed by atoms with E-state index in [2.05, 4.69) is 0 Å². The van der Waals surface area contributed by atoms with E-state index in [-0.39, 0.29) is 12.5 Å². The van der Waals surface area contributed by atoms with Gasteiger partial charge in [0.1, 0.15) is 0 Å². The summed E-state index contributed by atoms with van der Waals surface area (Å²) >= 11 is 0. The van der Waals surface area contributed by atoms with Gasteiger partial charge in [-0.25, -0.2) is 4.79 Å². The first-order valence-electron chi connectivity index (χ1n) is 9.89. The Balaban J connectivity index is 1.29. The molecule has 5 heteroatoms. The molecule has 5 nitrogen and oxygen atoms in total. The Morgan fingerprint density at radius 1 is 0.963 bits per heavy atom. The van der Waals surface area contributed by atoms with Crippen molar-refractivity contribution in [2.45, 2.75) is 32.1 Å². The van der Waals surface area contributed by atoms with Crippen LogP contribution >= 0.6 is 0 Å². The second-order valence-corrected chi connectivity index (χ2v) is 7.65. The highest BCUT2D eigenvalue weighted by Crippen LogP contribution is 2.36. The largest absolute Gasteiger partial charge is 0.452 e. The molecular formula is C22H26N2O3. The van der Waals surface area contributed by atoms with Crippen LogP contribution in [0.15, 0.2) is 48.8 Å². The SMILES string of the molecule is O=C(OCC(=O)N1CC[C@@H]2CCCC[C@H]2C1)c1ccc(-n2cccc2)cc1. The Morgan fingerprint density at radius 3 is 2.41 bits per heavy atom. The highest BCUT2D eigenvalue weighted by molar-refractivity contribution is 5.91. The van der Waals surface area contributed by atoms with Gasteiger partial charge < -0.3 is 14.2 Å². The summed E-state index contributed by atoms with van der Waals surface area (Å²) in [5.41, 5.74) is 1.44. The van der Waals surface area contributed by atoms with E-state index in [0.717, 1.165) is 31.1 Å². The van der Waals surface area contributed by atoms with Crippen molar-refractivity contribution in [3.05, 3.63) is 54.4 Å². The molecule has 4 rings (SSSR count). The van der Waals surface area contributed by atoms with Crippen LogP contribution in [0.3, 0.4) is 0 Å². The summed E-state index contributed by atoms with van der Waals surface area (Å²) < 4.78 is 7.24. The summed E-state index contributed by atoms with van der Waals surface area (Å²) in [4.78, 5) is 26.6. The molecule has 2 heterocycles. The molecule has 2 atom stereocenters. The summed E-state index contributed by atoms with van der Waals surface area (Å²) in [6.45, 7) is 1.45. The number of likely N-dealkylation sites (tertiary alicyclic amines) is 1. The van der Waals surface area contributed by atoms with Gasteiger partial charge in [0.2, 0.25) is 0 Å². The van der Waals surface area contributed by atoms with Crippen LogP contribution in [0.25, 0.3) is 5.69 Å². The van der Waals surface area contributed by atoms with E-state index < -0.39 is 5.97 Å². The minimum atomic E-state index is -0.449. The van der Waals surface area contributed by atoms with Crippen molar-refractivity contribution in [3.63, 3.8) is 0 Å². The smallest absolute Gasteiger partial charge is 0.338 e. The first-order chi connectivity index (χ1) is 13.2. The van der Waals surface area contributed by atoms with Crippen LogP contribution in [0.5, 0.6) is 0 Å². The third-order valence-electron chi connectivity index (χ3n) is 5.98. The molecule has 0 N–H and O–H groups in total. The van der Waals surface area contributed by atoms with E-state index in [4.69, 9.17) is 4.74 Å². The lowest BCUT2D eigenvalue weighted by atomic mass is 9.75. The van der Waals surface area contributed by atoms with Crippen molar-refractivity contribution >= 4 is 11.9 Å². The van der Waals surface area contributed by atoms with Gasteiger partial charge in [0.05, 0.1) is 5.56 Å². The van der Waals surface area contributed by atoms with E-state index in [0.29, 0.717) is 11.5 Å². The van der Waals surface area contributed by atoms with Crippen molar-refractivity contribution < 1.29 is 14.3 Å². The first kappa shape index (κ1) is 17.8. The highest BCUT2D eigenvalue weighted by Gasteiger charge is 2.33. The predicted molar refractivity (Wildman–Crippen MR) is 103 cm³/mol. The number of hydrogen-bond donors (Lipinski definition) is 0. The molecule has 1 aromatic heterocycles. The number of carbonyl (C=O) groups excluding carboxylic acids is 2. The van der Waals surface area contributed by atoms with Crippen molar-refractivity contribution in [1.29, 1.82) is 0 Å². The first-order valence-corrected chi connectivity index (χ1v) is 9.89. The number of fused-ring (bicyclic) bond motifs is 1. The maximum Gasteiger partial charge on any atom is 0.338 e. The van der Waals surface area contributed by atoms with E-state index in [1.807, 2.05) is 46.1 Å². The lowest BCUT2D eigenvalue weighted by Crippen LogP contribution is -2.46. The number of carbonyl (C=O) groups is 2. The van der Waals surface area contributed by atoms with Gasteiger partial charge in [-0.3, -0.25) is 4.79 Å². The zero-order chi connectivity index (χ0) is 18.6. The van der Waals surface area contributed by atoms with E-state index >= 15 is 0 Å². The summed E-state index contributed by atoms with van der Waals surface area (Å²) in [5, 5.41) is 0. The van der Waals surface area contributed by atoms with Gasteiger partial charge in [-0.15, -0.1) is 0 Å². The Morgan fingerprint density at radius 2 is 1.67 bits per heavy atom. The third kappa shape index (κ3) is 4.07. The van der Waals surface area contributed by atoms with Gasteiger partial charge in [0, 0.05) is 31.2 Å². The molecule has 1 amide bonds. The van der Waals surface area contributed by atoms with Crippen LogP contribution < -0.4 is 0 Å². The lowest BCUT2D eigenvalue weighted by Gasteiger charge is -2.41. The van der Waals surface area contributed by atoms with Crippen LogP contribution in [0.1, 0.15) is 42.5 Å². The fourth-order valence-electron chi connectivity index (χ4n) is 4.41. The quantitative estimate of drug-likeness (QED) is 0.776. The second-order valence-electron chi connectivity index (χ2n) is 7.65. The fraction of sp³-hybridized carbons (Fsp3) is 0.455. The Hall–Kier alpha value is -2.56. The van der Waals surface area contributed by atoms with Gasteiger partial charge in [0.25, 0.3) is 5.91 Å². The van der Waals surface area contributed by atoms with Crippen LogP contribution in [0, 0.1) is 11.8 Å². The van der Waals surface area contributed by atoms with E-state index in [1.165, 1.54) is 25.7 Å². The number of nitrogens with zero attached hydrogens (tertiary/aromatic N) is 2. The van der Waals surface area contributed by atoms with Gasteiger partial charge in [-0.1, -0.05) is 19.3 Å². The molecule has 142 valence electrons. The molecule has 0 spiro atoms. The number of amides is 1. The van der Waals surface area contributed by atoms with E-state index in [1.54, 1.807) is 12.1 Å². The average molecular weight is 366 g/mol. The summed E-state index contributed by atoms with van der Waals surface area (Å²) in [6, 6.07) is 11.1. The predicted octanol–water partition coefficient (Wildman–Crippen LogP) is 3.67. The van der Waals surface area contributed by atoms with Crippen molar-refractivity contribution in [2.24, 2.45) is 11.8 Å². The number of benzene rings is 1. The summed E-state index contributed by atoms with van der Waals surface area (Å²) in [7, 11) is 0. The second kappa shape index (κ2) is 7.99. The number of esters is 1. The van der Waals surface area contributed by atoms with E-state index in [9.17, 15) is 9.59 Å². The maximum absolute atomic E-state index is 12.5. The molecule has 1 aliphatic heterocycles. The highest BCUT2D eigenvalue weighted by atomic mass is 16.5. The number of piperidine rings is 1. The monoisotopic (exact) mass is 366 g/mol. The minimum Gasteiger partial charge on any atom is -0.452 e. The van der Waals surface area contributed by atoms with Crippen LogP contribution in [0.4, 0.5) is 0 Å². The van der Waals surface area contributed by atoms with Gasteiger partial charge in [0.15, 0.2) is 6.61 Å². The minimum absolute atomic E-state index is 0.0728. The summed E-state index contributed by atoms with van der Waals surface area (Å²) in [6.07, 6.45) is 10.1. The molecule has 2 aromatic rings. The molecule has 0 radical (unpaired) electrons. The Kier molecular flexibility index (Phi) is 5.28. The molecule has 2 aliphatic rings. The third-order valence-corrected chi connectivity index (χ3v) is 5.98. The van der Waals surface area contributed by atoms with Crippen molar-refractivity contribution in [2.75, 3.05) is 19.7 Å². The normalized spacial score (nSPS) is 22.1. The van der Waals surface area contributed by atoms with Crippen molar-refractivity contribution in [3.8, 4) is 5.69 Å². The molecule has 2 fully saturated rings. The van der Waals surface area contributed by atoms with Crippen molar-refractivity contribution in [1.82, 2.24) is 9.47 Å². The Bertz CT molecular complexity index is 782. The molecule has 0 unspecified atom stereocenters.